The summed E-state index contributed by atoms with van der Waals surface area (Å²) in [5, 5.41) is 3.02. The number of nitrogens with one attached hydrogen (secondary N) is 1. The van der Waals surface area contributed by atoms with E-state index in [9.17, 15) is 0 Å². The molecule has 0 unspecified atom stereocenters. The second kappa shape index (κ2) is 5.70. The van der Waals surface area contributed by atoms with Gasteiger partial charge in [-0.15, -0.1) is 0 Å². The van der Waals surface area contributed by atoms with Gasteiger partial charge in [0.1, 0.15) is 0 Å². The van der Waals surface area contributed by atoms with Crippen LogP contribution in [0.3, 0.4) is 0 Å². The Morgan fingerprint density at radius 1 is 1.24 bits per heavy atom. The third-order valence-corrected chi connectivity index (χ3v) is 2.39. The lowest BCUT2D eigenvalue weighted by molar-refractivity contribution is 0.438. The molecule has 2 aromatic heterocycles. The van der Waals surface area contributed by atoms with Crippen molar-refractivity contribution in [3.63, 3.8) is 0 Å². The number of nitrogens with zero attached hydrogens (tertiary/aromatic N) is 3. The van der Waals surface area contributed by atoms with Crippen LogP contribution in [0.2, 0.25) is 0 Å². The van der Waals surface area contributed by atoms with Crippen molar-refractivity contribution >= 4 is 15.9 Å². The molecule has 0 saturated heterocycles. The van der Waals surface area contributed by atoms with Crippen LogP contribution < -0.4 is 10.1 Å². The number of ether oxygens (including phenoxy) is 1. The van der Waals surface area contributed by atoms with E-state index in [1.807, 2.05) is 7.05 Å². The molecule has 2 rings (SSSR count). The van der Waals surface area contributed by atoms with E-state index in [4.69, 9.17) is 4.74 Å². The van der Waals surface area contributed by atoms with Crippen LogP contribution in [0.4, 0.5) is 0 Å². The number of rotatable bonds is 4. The van der Waals surface area contributed by atoms with Crippen LogP contribution in [0, 0.1) is 0 Å². The first kappa shape index (κ1) is 11.9. The molecule has 88 valence electrons. The molecule has 0 spiro atoms. The fraction of sp³-hybridized carbons (Fsp3) is 0.182. The topological polar surface area (TPSA) is 59.9 Å². The standard InChI is InChI=1S/C11H11BrN4O/c1-13-3-8-4-15-11(16-5-8)17-10-2-9(12)6-14-7-10/h2,4-7,13H,3H2,1H3. The minimum Gasteiger partial charge on any atom is -0.423 e. The molecule has 0 aromatic carbocycles. The van der Waals surface area contributed by atoms with Crippen molar-refractivity contribution in [3.8, 4) is 11.8 Å². The number of pyridine rings is 1. The molecule has 0 amide bonds. The highest BCUT2D eigenvalue weighted by molar-refractivity contribution is 9.10. The predicted octanol–water partition coefficient (Wildman–Crippen LogP) is 2.15. The van der Waals surface area contributed by atoms with Crippen molar-refractivity contribution < 1.29 is 4.74 Å². The summed E-state index contributed by atoms with van der Waals surface area (Å²) in [7, 11) is 1.87. The van der Waals surface area contributed by atoms with Crippen molar-refractivity contribution in [2.45, 2.75) is 6.54 Å². The van der Waals surface area contributed by atoms with Crippen LogP contribution in [-0.4, -0.2) is 22.0 Å². The van der Waals surface area contributed by atoms with E-state index in [0.717, 1.165) is 16.6 Å². The Labute approximate surface area is 107 Å². The number of halogens is 1. The highest BCUT2D eigenvalue weighted by atomic mass is 79.9. The van der Waals surface area contributed by atoms with E-state index in [0.29, 0.717) is 11.8 Å². The lowest BCUT2D eigenvalue weighted by Gasteiger charge is -2.04. The monoisotopic (exact) mass is 294 g/mol. The number of hydrogen-bond donors (Lipinski definition) is 1. The van der Waals surface area contributed by atoms with Crippen LogP contribution in [0.1, 0.15) is 5.56 Å². The zero-order valence-corrected chi connectivity index (χ0v) is 10.8. The summed E-state index contributed by atoms with van der Waals surface area (Å²) in [5.41, 5.74) is 1.01. The van der Waals surface area contributed by atoms with E-state index in [1.54, 1.807) is 30.9 Å². The second-order valence-corrected chi connectivity index (χ2v) is 4.26. The third kappa shape index (κ3) is 3.47. The number of aromatic nitrogens is 3. The molecule has 0 aliphatic heterocycles. The van der Waals surface area contributed by atoms with Gasteiger partial charge in [0.15, 0.2) is 5.75 Å². The molecular weight excluding hydrogens is 284 g/mol. The molecule has 6 heteroatoms. The van der Waals surface area contributed by atoms with E-state index >= 15 is 0 Å². The maximum atomic E-state index is 5.46. The van der Waals surface area contributed by atoms with Gasteiger partial charge < -0.3 is 10.1 Å². The predicted molar refractivity (Wildman–Crippen MR) is 66.8 cm³/mol. The molecule has 2 aromatic rings. The Balaban J connectivity index is 2.08. The number of hydrogen-bond acceptors (Lipinski definition) is 5. The Hall–Kier alpha value is -1.53. The smallest absolute Gasteiger partial charge is 0.321 e. The minimum absolute atomic E-state index is 0.310. The van der Waals surface area contributed by atoms with Gasteiger partial charge >= 0.3 is 6.01 Å². The fourth-order valence-electron chi connectivity index (χ4n) is 1.24. The second-order valence-electron chi connectivity index (χ2n) is 3.35. The Kier molecular flexibility index (Phi) is 4.00. The molecule has 0 saturated carbocycles. The molecule has 0 aliphatic rings. The van der Waals surface area contributed by atoms with Gasteiger partial charge in [-0.25, -0.2) is 9.97 Å². The Morgan fingerprint density at radius 3 is 2.65 bits per heavy atom. The molecule has 5 nitrogen and oxygen atoms in total. The van der Waals surface area contributed by atoms with E-state index in [1.165, 1.54) is 0 Å². The summed E-state index contributed by atoms with van der Waals surface area (Å²) in [4.78, 5) is 12.2. The highest BCUT2D eigenvalue weighted by Gasteiger charge is 2.01. The average Bonchev–Trinajstić information content (AvgIpc) is 2.32. The molecule has 17 heavy (non-hydrogen) atoms. The van der Waals surface area contributed by atoms with E-state index < -0.39 is 0 Å². The van der Waals surface area contributed by atoms with Gasteiger partial charge in [-0.3, -0.25) is 4.98 Å². The quantitative estimate of drug-likeness (QED) is 0.936. The Bertz CT molecular complexity index is 489. The van der Waals surface area contributed by atoms with Crippen LogP contribution in [0.25, 0.3) is 0 Å². The molecule has 0 radical (unpaired) electrons. The summed E-state index contributed by atoms with van der Waals surface area (Å²) in [5.74, 6) is 0.598. The largest absolute Gasteiger partial charge is 0.423 e. The SMILES string of the molecule is CNCc1cnc(Oc2cncc(Br)c2)nc1. The summed E-state index contributed by atoms with van der Waals surface area (Å²) >= 11 is 3.32. The van der Waals surface area contributed by atoms with Crippen LogP contribution >= 0.6 is 15.9 Å². The zero-order valence-electron chi connectivity index (χ0n) is 9.22. The average molecular weight is 295 g/mol. The van der Waals surface area contributed by atoms with Gasteiger partial charge in [-0.2, -0.15) is 0 Å². The van der Waals surface area contributed by atoms with Gasteiger partial charge in [0.2, 0.25) is 0 Å². The summed E-state index contributed by atoms with van der Waals surface area (Å²) in [6.45, 7) is 0.735. The van der Waals surface area contributed by atoms with Gasteiger partial charge in [-0.05, 0) is 29.0 Å². The maximum Gasteiger partial charge on any atom is 0.321 e. The van der Waals surface area contributed by atoms with E-state index in [2.05, 4.69) is 36.2 Å². The molecule has 0 bridgehead atoms. The Morgan fingerprint density at radius 2 is 2.00 bits per heavy atom. The fourth-order valence-corrected chi connectivity index (χ4v) is 1.59. The summed E-state index contributed by atoms with van der Waals surface area (Å²) in [6, 6.07) is 2.11. The molecule has 1 N–H and O–H groups in total. The third-order valence-electron chi connectivity index (χ3n) is 1.95. The molecule has 2 heterocycles. The molecular formula is C11H11BrN4O. The first-order chi connectivity index (χ1) is 8.28. The molecule has 0 aliphatic carbocycles. The minimum atomic E-state index is 0.310. The highest BCUT2D eigenvalue weighted by Crippen LogP contribution is 2.20. The van der Waals surface area contributed by atoms with Crippen LogP contribution in [0.15, 0.2) is 35.3 Å². The van der Waals surface area contributed by atoms with Crippen LogP contribution in [0.5, 0.6) is 11.8 Å². The van der Waals surface area contributed by atoms with Crippen LogP contribution in [-0.2, 0) is 6.54 Å². The van der Waals surface area contributed by atoms with Gasteiger partial charge in [0, 0.05) is 35.2 Å². The lowest BCUT2D eigenvalue weighted by atomic mass is 10.3. The summed E-state index contributed by atoms with van der Waals surface area (Å²) < 4.78 is 6.31. The van der Waals surface area contributed by atoms with Crippen molar-refractivity contribution in [1.29, 1.82) is 0 Å². The van der Waals surface area contributed by atoms with E-state index in [-0.39, 0.29) is 0 Å². The zero-order chi connectivity index (χ0) is 12.1. The van der Waals surface area contributed by atoms with Gasteiger partial charge in [0.25, 0.3) is 0 Å². The first-order valence-electron chi connectivity index (χ1n) is 5.02. The normalized spacial score (nSPS) is 10.2. The molecule has 0 atom stereocenters. The molecule has 0 fully saturated rings. The summed E-state index contributed by atoms with van der Waals surface area (Å²) in [6.07, 6.45) is 6.74. The lowest BCUT2D eigenvalue weighted by Crippen LogP contribution is -2.06. The first-order valence-corrected chi connectivity index (χ1v) is 5.81. The van der Waals surface area contributed by atoms with Crippen molar-refractivity contribution in [2.24, 2.45) is 0 Å². The van der Waals surface area contributed by atoms with Gasteiger partial charge in [-0.1, -0.05) is 0 Å². The van der Waals surface area contributed by atoms with Crippen molar-refractivity contribution in [3.05, 3.63) is 40.9 Å². The van der Waals surface area contributed by atoms with Crippen molar-refractivity contribution in [2.75, 3.05) is 7.05 Å². The maximum absolute atomic E-state index is 5.46. The van der Waals surface area contributed by atoms with Gasteiger partial charge in [0.05, 0.1) is 6.20 Å². The van der Waals surface area contributed by atoms with Crippen molar-refractivity contribution in [1.82, 2.24) is 20.3 Å².